The SMILES string of the molecule is CCN(CC1CCCO1)C(=O)NN. The summed E-state index contributed by atoms with van der Waals surface area (Å²) in [5.74, 6) is 5.04. The van der Waals surface area contributed by atoms with Gasteiger partial charge in [0.25, 0.3) is 0 Å². The molecule has 5 nitrogen and oxygen atoms in total. The van der Waals surface area contributed by atoms with E-state index in [-0.39, 0.29) is 12.1 Å². The number of hydrogen-bond donors (Lipinski definition) is 2. The molecule has 5 heteroatoms. The lowest BCUT2D eigenvalue weighted by Gasteiger charge is -2.22. The molecular weight excluding hydrogens is 170 g/mol. The number of urea groups is 1. The number of ether oxygens (including phenoxy) is 1. The molecule has 2 amide bonds. The van der Waals surface area contributed by atoms with Crippen LogP contribution in [0.1, 0.15) is 19.8 Å². The van der Waals surface area contributed by atoms with Crippen LogP contribution in [0.25, 0.3) is 0 Å². The fraction of sp³-hybridized carbons (Fsp3) is 0.875. The first-order valence-corrected chi connectivity index (χ1v) is 4.65. The molecule has 0 bridgehead atoms. The lowest BCUT2D eigenvalue weighted by molar-refractivity contribution is 0.0827. The Morgan fingerprint density at radius 3 is 3.00 bits per heavy atom. The van der Waals surface area contributed by atoms with Crippen molar-refractivity contribution in [3.63, 3.8) is 0 Å². The van der Waals surface area contributed by atoms with Crippen molar-refractivity contribution in [3.8, 4) is 0 Å². The van der Waals surface area contributed by atoms with Crippen LogP contribution >= 0.6 is 0 Å². The van der Waals surface area contributed by atoms with E-state index in [1.807, 2.05) is 6.92 Å². The number of carbonyl (C=O) groups excluding carboxylic acids is 1. The second-order valence-electron chi connectivity index (χ2n) is 3.12. The lowest BCUT2D eigenvalue weighted by Crippen LogP contribution is -2.46. The van der Waals surface area contributed by atoms with E-state index in [1.165, 1.54) is 0 Å². The summed E-state index contributed by atoms with van der Waals surface area (Å²) in [6.45, 7) is 4.03. The first-order chi connectivity index (χ1) is 6.27. The highest BCUT2D eigenvalue weighted by Gasteiger charge is 2.20. The zero-order chi connectivity index (χ0) is 9.68. The number of likely N-dealkylation sites (N-methyl/N-ethyl adjacent to an activating group) is 1. The quantitative estimate of drug-likeness (QED) is 0.373. The zero-order valence-electron chi connectivity index (χ0n) is 7.95. The van der Waals surface area contributed by atoms with Crippen LogP contribution in [0.3, 0.4) is 0 Å². The highest BCUT2D eigenvalue weighted by atomic mass is 16.5. The molecule has 13 heavy (non-hydrogen) atoms. The van der Waals surface area contributed by atoms with Crippen LogP contribution < -0.4 is 11.3 Å². The van der Waals surface area contributed by atoms with Gasteiger partial charge in [-0.3, -0.25) is 5.43 Å². The molecule has 76 valence electrons. The Morgan fingerprint density at radius 1 is 1.77 bits per heavy atom. The summed E-state index contributed by atoms with van der Waals surface area (Å²) in [6, 6.07) is -0.238. The van der Waals surface area contributed by atoms with Crippen molar-refractivity contribution in [3.05, 3.63) is 0 Å². The minimum absolute atomic E-state index is 0.192. The summed E-state index contributed by atoms with van der Waals surface area (Å²) >= 11 is 0. The average molecular weight is 187 g/mol. The normalized spacial score (nSPS) is 21.5. The van der Waals surface area contributed by atoms with Gasteiger partial charge in [-0.25, -0.2) is 10.6 Å². The monoisotopic (exact) mass is 187 g/mol. The van der Waals surface area contributed by atoms with E-state index >= 15 is 0 Å². The van der Waals surface area contributed by atoms with Crippen LogP contribution in [0, 0.1) is 0 Å². The second-order valence-corrected chi connectivity index (χ2v) is 3.12. The maximum absolute atomic E-state index is 11.2. The van der Waals surface area contributed by atoms with Crippen molar-refractivity contribution in [1.82, 2.24) is 10.3 Å². The summed E-state index contributed by atoms with van der Waals surface area (Å²) < 4.78 is 5.42. The first kappa shape index (κ1) is 10.3. The van der Waals surface area contributed by atoms with Gasteiger partial charge in [0.2, 0.25) is 0 Å². The number of amides is 2. The van der Waals surface area contributed by atoms with Crippen LogP contribution in [0.4, 0.5) is 4.79 Å². The highest BCUT2D eigenvalue weighted by molar-refractivity contribution is 5.73. The Labute approximate surface area is 78.2 Å². The molecule has 0 radical (unpaired) electrons. The molecule has 1 aliphatic heterocycles. The van der Waals surface area contributed by atoms with E-state index < -0.39 is 0 Å². The fourth-order valence-electron chi connectivity index (χ4n) is 1.48. The number of hydrazine groups is 1. The third-order valence-electron chi connectivity index (χ3n) is 2.24. The van der Waals surface area contributed by atoms with Gasteiger partial charge in [0.05, 0.1) is 6.10 Å². The minimum atomic E-state index is -0.238. The fourth-order valence-corrected chi connectivity index (χ4v) is 1.48. The van der Waals surface area contributed by atoms with E-state index in [9.17, 15) is 4.79 Å². The maximum Gasteiger partial charge on any atom is 0.331 e. The molecule has 1 heterocycles. The smallest absolute Gasteiger partial charge is 0.331 e. The number of nitrogens with zero attached hydrogens (tertiary/aromatic N) is 1. The number of nitrogens with two attached hydrogens (primary N) is 1. The summed E-state index contributed by atoms with van der Waals surface area (Å²) in [4.78, 5) is 12.8. The van der Waals surface area contributed by atoms with Gasteiger partial charge in [0, 0.05) is 19.7 Å². The third-order valence-corrected chi connectivity index (χ3v) is 2.24. The Morgan fingerprint density at radius 2 is 2.54 bits per heavy atom. The Bertz CT molecular complexity index is 169. The van der Waals surface area contributed by atoms with E-state index in [4.69, 9.17) is 10.6 Å². The first-order valence-electron chi connectivity index (χ1n) is 4.65. The molecule has 0 saturated carbocycles. The second kappa shape index (κ2) is 5.04. The molecule has 0 aliphatic carbocycles. The predicted octanol–water partition coefficient (Wildman–Crippen LogP) is 0.0706. The van der Waals surface area contributed by atoms with Crippen molar-refractivity contribution in [2.75, 3.05) is 19.7 Å². The lowest BCUT2D eigenvalue weighted by atomic mass is 10.2. The number of carbonyl (C=O) groups is 1. The van der Waals surface area contributed by atoms with Gasteiger partial charge < -0.3 is 9.64 Å². The molecule has 1 unspecified atom stereocenters. The number of rotatable bonds is 3. The van der Waals surface area contributed by atoms with Gasteiger partial charge in [-0.1, -0.05) is 0 Å². The van der Waals surface area contributed by atoms with Gasteiger partial charge in [-0.15, -0.1) is 0 Å². The van der Waals surface area contributed by atoms with E-state index in [0.29, 0.717) is 13.1 Å². The molecular formula is C8H17N3O2. The van der Waals surface area contributed by atoms with E-state index in [2.05, 4.69) is 5.43 Å². The highest BCUT2D eigenvalue weighted by Crippen LogP contribution is 2.13. The predicted molar refractivity (Wildman–Crippen MR) is 48.9 cm³/mol. The average Bonchev–Trinajstić information content (AvgIpc) is 2.65. The number of hydrogen-bond acceptors (Lipinski definition) is 3. The minimum Gasteiger partial charge on any atom is -0.376 e. The molecule has 3 N–H and O–H groups in total. The van der Waals surface area contributed by atoms with Gasteiger partial charge >= 0.3 is 6.03 Å². The summed E-state index contributed by atoms with van der Waals surface area (Å²) in [5, 5.41) is 0. The van der Waals surface area contributed by atoms with Crippen molar-refractivity contribution < 1.29 is 9.53 Å². The maximum atomic E-state index is 11.2. The van der Waals surface area contributed by atoms with Crippen LogP contribution in [-0.4, -0.2) is 36.7 Å². The zero-order valence-corrected chi connectivity index (χ0v) is 7.95. The van der Waals surface area contributed by atoms with Gasteiger partial charge in [-0.2, -0.15) is 0 Å². The Kier molecular flexibility index (Phi) is 3.98. The molecule has 1 fully saturated rings. The summed E-state index contributed by atoms with van der Waals surface area (Å²) in [6.07, 6.45) is 2.32. The summed E-state index contributed by atoms with van der Waals surface area (Å²) in [5.41, 5.74) is 2.12. The molecule has 1 aliphatic rings. The molecule has 0 aromatic rings. The Hall–Kier alpha value is -0.810. The standard InChI is InChI=1S/C8H17N3O2/c1-2-11(8(12)10-9)6-7-4-3-5-13-7/h7H,2-6,9H2,1H3,(H,10,12). The van der Waals surface area contributed by atoms with Crippen molar-refractivity contribution >= 4 is 6.03 Å². The van der Waals surface area contributed by atoms with Gasteiger partial charge in [-0.05, 0) is 19.8 Å². The molecule has 1 rings (SSSR count). The number of nitrogens with one attached hydrogen (secondary N) is 1. The van der Waals surface area contributed by atoms with Crippen LogP contribution in [0.5, 0.6) is 0 Å². The third kappa shape index (κ3) is 2.86. The van der Waals surface area contributed by atoms with E-state index in [1.54, 1.807) is 4.90 Å². The molecule has 0 spiro atoms. The molecule has 1 saturated heterocycles. The Balaban J connectivity index is 2.33. The van der Waals surface area contributed by atoms with Crippen LogP contribution in [0.2, 0.25) is 0 Å². The molecule has 0 aromatic heterocycles. The molecule has 0 aromatic carbocycles. The topological polar surface area (TPSA) is 67.6 Å². The van der Waals surface area contributed by atoms with Gasteiger partial charge in [0.15, 0.2) is 0 Å². The van der Waals surface area contributed by atoms with Crippen molar-refractivity contribution in [2.24, 2.45) is 5.84 Å². The summed E-state index contributed by atoms with van der Waals surface area (Å²) in [7, 11) is 0. The largest absolute Gasteiger partial charge is 0.376 e. The van der Waals surface area contributed by atoms with Crippen molar-refractivity contribution in [2.45, 2.75) is 25.9 Å². The van der Waals surface area contributed by atoms with E-state index in [0.717, 1.165) is 19.4 Å². The van der Waals surface area contributed by atoms with Crippen LogP contribution in [-0.2, 0) is 4.74 Å². The van der Waals surface area contributed by atoms with Crippen LogP contribution in [0.15, 0.2) is 0 Å². The van der Waals surface area contributed by atoms with Gasteiger partial charge in [0.1, 0.15) is 0 Å². The molecule has 1 atom stereocenters. The van der Waals surface area contributed by atoms with Crippen molar-refractivity contribution in [1.29, 1.82) is 0 Å².